The number of methoxy groups -OCH3 is 1. The number of halogens is 4. The van der Waals surface area contributed by atoms with Crippen molar-refractivity contribution in [3.8, 4) is 0 Å². The molecule has 2 atom stereocenters. The molecule has 8 heteroatoms. The van der Waals surface area contributed by atoms with Gasteiger partial charge in [0.2, 0.25) is 0 Å². The molecule has 2 rings (SSSR count). The fraction of sp³-hybridized carbons (Fsp3) is 0.353. The molecule has 0 saturated heterocycles. The van der Waals surface area contributed by atoms with Crippen LogP contribution in [-0.4, -0.2) is 24.8 Å². The van der Waals surface area contributed by atoms with Crippen LogP contribution in [0, 0.1) is 12.4 Å². The van der Waals surface area contributed by atoms with Gasteiger partial charge in [0.15, 0.2) is 0 Å². The lowest BCUT2D eigenvalue weighted by Crippen LogP contribution is -2.33. The maximum absolute atomic E-state index is 13.4. The molecule has 132 valence electrons. The Hall–Kier alpha value is -2.69. The summed E-state index contributed by atoms with van der Waals surface area (Å²) in [6.45, 7) is 10.3. The minimum Gasteiger partial charge on any atom is -0.466 e. The van der Waals surface area contributed by atoms with E-state index in [1.807, 2.05) is 0 Å². The number of hydrogen-bond donors (Lipinski definition) is 0. The number of benzene rings is 1. The van der Waals surface area contributed by atoms with Crippen LogP contribution in [0.5, 0.6) is 0 Å². The molecule has 25 heavy (non-hydrogen) atoms. The molecule has 0 aromatic heterocycles. The topological polar surface area (TPSA) is 43.0 Å². The van der Waals surface area contributed by atoms with Crippen molar-refractivity contribution in [2.24, 2.45) is 4.99 Å². The Morgan fingerprint density at radius 2 is 1.96 bits per heavy atom. The highest BCUT2D eigenvalue weighted by atomic mass is 19.4. The quantitative estimate of drug-likeness (QED) is 0.455. The van der Waals surface area contributed by atoms with Gasteiger partial charge in [-0.2, -0.15) is 13.2 Å². The van der Waals surface area contributed by atoms with Gasteiger partial charge >= 0.3 is 12.1 Å². The van der Waals surface area contributed by atoms with Gasteiger partial charge < -0.3 is 9.58 Å². The van der Waals surface area contributed by atoms with Gasteiger partial charge in [0, 0.05) is 5.70 Å². The molecule has 2 unspecified atom stereocenters. The van der Waals surface area contributed by atoms with Gasteiger partial charge in [0.25, 0.3) is 6.04 Å². The van der Waals surface area contributed by atoms with E-state index in [0.29, 0.717) is 6.07 Å². The number of esters is 1. The van der Waals surface area contributed by atoms with Crippen LogP contribution in [0.3, 0.4) is 0 Å². The Balaban J connectivity index is 2.80. The molecule has 0 spiro atoms. The summed E-state index contributed by atoms with van der Waals surface area (Å²) in [6, 6.07) is 1.07. The molecule has 0 saturated carbocycles. The molecule has 0 radical (unpaired) electrons. The Kier molecular flexibility index (Phi) is 4.97. The number of nitrogens with zero attached hydrogens (tertiary/aromatic N) is 2. The largest absolute Gasteiger partial charge is 0.466 e. The summed E-state index contributed by atoms with van der Waals surface area (Å²) >= 11 is 0. The van der Waals surface area contributed by atoms with Crippen LogP contribution in [-0.2, 0) is 15.7 Å². The van der Waals surface area contributed by atoms with Crippen LogP contribution < -0.4 is 0 Å². The first-order chi connectivity index (χ1) is 11.6. The molecular formula is C17H14F4N2O2. The number of alkyl halides is 3. The Labute approximate surface area is 141 Å². The van der Waals surface area contributed by atoms with Crippen LogP contribution in [0.2, 0.25) is 0 Å². The van der Waals surface area contributed by atoms with Gasteiger partial charge in [-0.15, -0.1) is 0 Å². The lowest BCUT2D eigenvalue weighted by molar-refractivity contribution is -0.139. The zero-order chi connectivity index (χ0) is 18.9. The van der Waals surface area contributed by atoms with Gasteiger partial charge in [-0.3, -0.25) is 4.99 Å². The minimum atomic E-state index is -4.85. The number of hydrogen-bond acceptors (Lipinski definition) is 3. The summed E-state index contributed by atoms with van der Waals surface area (Å²) in [5.74, 6) is -3.18. The van der Waals surface area contributed by atoms with Crippen molar-refractivity contribution >= 4 is 11.7 Å². The second-order valence-electron chi connectivity index (χ2n) is 5.52. The van der Waals surface area contributed by atoms with Crippen molar-refractivity contribution in [3.63, 3.8) is 0 Å². The number of allylic oxidation sites excluding steroid dienone is 1. The highest BCUT2D eigenvalue weighted by Gasteiger charge is 2.46. The summed E-state index contributed by atoms with van der Waals surface area (Å²) in [5, 5.41) is 0. The van der Waals surface area contributed by atoms with Gasteiger partial charge in [0.05, 0.1) is 29.9 Å². The molecule has 1 aliphatic rings. The van der Waals surface area contributed by atoms with Crippen molar-refractivity contribution in [3.05, 3.63) is 57.8 Å². The molecular weight excluding hydrogens is 340 g/mol. The van der Waals surface area contributed by atoms with Crippen LogP contribution >= 0.6 is 0 Å². The summed E-state index contributed by atoms with van der Waals surface area (Å²) in [6.07, 6.45) is -4.85. The predicted octanol–water partition coefficient (Wildman–Crippen LogP) is 4.14. The molecule has 4 nitrogen and oxygen atoms in total. The Morgan fingerprint density at radius 1 is 1.32 bits per heavy atom. The van der Waals surface area contributed by atoms with E-state index < -0.39 is 35.5 Å². The second kappa shape index (κ2) is 6.67. The molecule has 0 amide bonds. The minimum absolute atomic E-state index is 0.133. The third-order valence-electron chi connectivity index (χ3n) is 3.99. The van der Waals surface area contributed by atoms with E-state index in [0.717, 1.165) is 19.2 Å². The number of rotatable bonds is 2. The van der Waals surface area contributed by atoms with Crippen molar-refractivity contribution in [1.82, 2.24) is 0 Å². The Bertz CT molecular complexity index is 819. The first-order valence-corrected chi connectivity index (χ1v) is 7.19. The zero-order valence-corrected chi connectivity index (χ0v) is 13.6. The van der Waals surface area contributed by atoms with E-state index in [4.69, 9.17) is 6.57 Å². The van der Waals surface area contributed by atoms with Crippen LogP contribution in [0.25, 0.3) is 4.85 Å². The molecule has 1 aromatic carbocycles. The van der Waals surface area contributed by atoms with Gasteiger partial charge in [-0.1, -0.05) is 6.07 Å². The summed E-state index contributed by atoms with van der Waals surface area (Å²) in [5.41, 5.74) is -1.26. The second-order valence-corrected chi connectivity index (χ2v) is 5.52. The van der Waals surface area contributed by atoms with E-state index in [2.05, 4.69) is 14.6 Å². The SMILES string of the molecule is [C-]#[N+]C1C(C)=NC(C)=C(C(=O)OC)C1c1ccc(F)cc1C(F)(F)F. The molecule has 0 bridgehead atoms. The lowest BCUT2D eigenvalue weighted by atomic mass is 9.78. The van der Waals surface area contributed by atoms with Crippen molar-refractivity contribution in [2.45, 2.75) is 32.0 Å². The normalized spacial score (nSPS) is 20.8. The van der Waals surface area contributed by atoms with E-state index in [1.165, 1.54) is 13.8 Å². The molecule has 1 heterocycles. The van der Waals surface area contributed by atoms with Crippen LogP contribution in [0.4, 0.5) is 17.6 Å². The van der Waals surface area contributed by atoms with Crippen LogP contribution in [0.1, 0.15) is 30.9 Å². The molecule has 0 fully saturated rings. The van der Waals surface area contributed by atoms with E-state index in [-0.39, 0.29) is 22.5 Å². The highest BCUT2D eigenvalue weighted by Crippen LogP contribution is 2.43. The monoisotopic (exact) mass is 354 g/mol. The van der Waals surface area contributed by atoms with E-state index in [1.54, 1.807) is 0 Å². The fourth-order valence-corrected chi connectivity index (χ4v) is 2.94. The smallest absolute Gasteiger partial charge is 0.416 e. The van der Waals surface area contributed by atoms with Crippen LogP contribution in [0.15, 0.2) is 34.5 Å². The number of aliphatic imine (C=N–C) groups is 1. The average Bonchev–Trinajstić information content (AvgIpc) is 2.52. The summed E-state index contributed by atoms with van der Waals surface area (Å²) < 4.78 is 58.3. The molecule has 1 aromatic rings. The number of carbonyl (C=O) groups excluding carboxylic acids is 1. The van der Waals surface area contributed by atoms with Gasteiger partial charge in [0.1, 0.15) is 5.82 Å². The van der Waals surface area contributed by atoms with Crippen molar-refractivity contribution < 1.29 is 27.1 Å². The Morgan fingerprint density at radius 3 is 2.48 bits per heavy atom. The summed E-state index contributed by atoms with van der Waals surface area (Å²) in [7, 11) is 1.09. The predicted molar refractivity (Wildman–Crippen MR) is 82.4 cm³/mol. The van der Waals surface area contributed by atoms with Crippen molar-refractivity contribution in [2.75, 3.05) is 7.11 Å². The van der Waals surface area contributed by atoms with Gasteiger partial charge in [-0.25, -0.2) is 15.8 Å². The maximum Gasteiger partial charge on any atom is 0.416 e. The van der Waals surface area contributed by atoms with E-state index >= 15 is 0 Å². The van der Waals surface area contributed by atoms with E-state index in [9.17, 15) is 22.4 Å². The maximum atomic E-state index is 13.4. The van der Waals surface area contributed by atoms with Gasteiger partial charge in [-0.05, 0) is 31.5 Å². The standard InChI is InChI=1S/C17H14F4N2O2/c1-8-13(16(24)25-4)14(15(22-3)9(2)23-8)11-6-5-10(18)7-12(11)17(19,20)21/h5-7,14-15H,1-2,4H3. The van der Waals surface area contributed by atoms with Crippen molar-refractivity contribution in [1.29, 1.82) is 0 Å². The first kappa shape index (κ1) is 18.6. The highest BCUT2D eigenvalue weighted by molar-refractivity contribution is 5.99. The first-order valence-electron chi connectivity index (χ1n) is 7.19. The lowest BCUT2D eigenvalue weighted by Gasteiger charge is -2.27. The molecule has 0 N–H and O–H groups in total. The number of carbonyl (C=O) groups is 1. The third kappa shape index (κ3) is 3.40. The average molecular weight is 354 g/mol. The third-order valence-corrected chi connectivity index (χ3v) is 3.99. The molecule has 0 aliphatic carbocycles. The number of ether oxygens (including phenoxy) is 1. The fourth-order valence-electron chi connectivity index (χ4n) is 2.94. The molecule has 1 aliphatic heterocycles. The summed E-state index contributed by atoms with van der Waals surface area (Å²) in [4.78, 5) is 19.6. The zero-order valence-electron chi connectivity index (χ0n) is 13.6.